The molecule has 7 rings (SSSR count). The summed E-state index contributed by atoms with van der Waals surface area (Å²) in [6, 6.07) is 6.59. The number of hydrogen-bond donors (Lipinski definition) is 2. The lowest BCUT2D eigenvalue weighted by Gasteiger charge is -2.36. The van der Waals surface area contributed by atoms with E-state index in [1.165, 1.54) is 23.9 Å². The number of carbonyl (C=O) groups excluding carboxylic acids is 4. The Hall–Kier alpha value is -4.08. The van der Waals surface area contributed by atoms with Gasteiger partial charge in [-0.05, 0) is 62.3 Å². The minimum Gasteiger partial charge on any atom is -0.385 e. The summed E-state index contributed by atoms with van der Waals surface area (Å²) in [6.45, 7) is 0.754. The second kappa shape index (κ2) is 8.22. The number of benzene rings is 1. The highest BCUT2D eigenvalue weighted by molar-refractivity contribution is 6.23. The van der Waals surface area contributed by atoms with Crippen LogP contribution in [0.3, 0.4) is 0 Å². The zero-order chi connectivity index (χ0) is 25.3. The van der Waals surface area contributed by atoms with Crippen molar-refractivity contribution in [3.8, 4) is 0 Å². The van der Waals surface area contributed by atoms with E-state index in [0.717, 1.165) is 35.5 Å². The molecular weight excluding hydrogens is 472 g/mol. The van der Waals surface area contributed by atoms with Gasteiger partial charge in [-0.3, -0.25) is 39.1 Å². The second-order valence-corrected chi connectivity index (χ2v) is 10.6. The molecule has 10 heteroatoms. The summed E-state index contributed by atoms with van der Waals surface area (Å²) in [5, 5.41) is 11.8. The largest absolute Gasteiger partial charge is 0.385 e. The van der Waals surface area contributed by atoms with Gasteiger partial charge in [-0.25, -0.2) is 0 Å². The highest BCUT2D eigenvalue weighted by Crippen LogP contribution is 2.45. The number of nitrogens with one attached hydrogen (secondary N) is 2. The fourth-order valence-electron chi connectivity index (χ4n) is 5.85. The van der Waals surface area contributed by atoms with Crippen molar-refractivity contribution in [1.29, 1.82) is 0 Å². The molecule has 0 spiro atoms. The van der Waals surface area contributed by atoms with Crippen LogP contribution >= 0.6 is 0 Å². The third-order valence-corrected chi connectivity index (χ3v) is 8.09. The number of carbonyl (C=O) groups is 4. The van der Waals surface area contributed by atoms with Gasteiger partial charge in [0.25, 0.3) is 11.8 Å². The Kier molecular flexibility index (Phi) is 4.92. The first-order valence-corrected chi connectivity index (χ1v) is 12.9. The zero-order valence-electron chi connectivity index (χ0n) is 20.1. The Bertz CT molecular complexity index is 1490. The fourth-order valence-corrected chi connectivity index (χ4v) is 5.85. The van der Waals surface area contributed by atoms with Crippen LogP contribution in [0.25, 0.3) is 10.9 Å². The summed E-state index contributed by atoms with van der Waals surface area (Å²) < 4.78 is 2.18. The van der Waals surface area contributed by atoms with Crippen molar-refractivity contribution in [2.45, 2.75) is 56.5 Å². The van der Waals surface area contributed by atoms with Crippen molar-refractivity contribution in [2.24, 2.45) is 5.92 Å². The lowest BCUT2D eigenvalue weighted by atomic mass is 9.80. The molecule has 10 nitrogen and oxygen atoms in total. The smallest absolute Gasteiger partial charge is 0.262 e. The molecule has 1 atom stereocenters. The van der Waals surface area contributed by atoms with E-state index in [4.69, 9.17) is 5.10 Å². The molecule has 2 saturated carbocycles. The van der Waals surface area contributed by atoms with Gasteiger partial charge in [0.2, 0.25) is 11.8 Å². The van der Waals surface area contributed by atoms with Crippen LogP contribution in [-0.4, -0.2) is 55.9 Å². The maximum atomic E-state index is 13.1. The quantitative estimate of drug-likeness (QED) is 0.501. The predicted molar refractivity (Wildman–Crippen MR) is 133 cm³/mol. The maximum Gasteiger partial charge on any atom is 0.262 e. The molecule has 4 amide bonds. The molecule has 0 radical (unpaired) electrons. The number of imide groups is 2. The van der Waals surface area contributed by atoms with Gasteiger partial charge in [-0.15, -0.1) is 0 Å². The van der Waals surface area contributed by atoms with Crippen LogP contribution in [0, 0.1) is 5.92 Å². The Morgan fingerprint density at radius 3 is 2.59 bits per heavy atom. The molecule has 188 valence electrons. The number of fused-ring (bicyclic) bond motifs is 2. The molecule has 3 fully saturated rings. The minimum atomic E-state index is -0.956. The minimum absolute atomic E-state index is 0.103. The van der Waals surface area contributed by atoms with Gasteiger partial charge in [-0.2, -0.15) is 5.10 Å². The highest BCUT2D eigenvalue weighted by Gasteiger charge is 2.44. The van der Waals surface area contributed by atoms with Gasteiger partial charge in [0.1, 0.15) is 6.04 Å². The molecule has 2 aliphatic carbocycles. The Morgan fingerprint density at radius 2 is 1.81 bits per heavy atom. The molecule has 4 heterocycles. The molecule has 1 aromatic carbocycles. The zero-order valence-corrected chi connectivity index (χ0v) is 20.1. The average Bonchev–Trinajstić information content (AvgIpc) is 3.60. The molecule has 3 aromatic rings. The Labute approximate surface area is 212 Å². The molecule has 2 aliphatic heterocycles. The van der Waals surface area contributed by atoms with Crippen molar-refractivity contribution < 1.29 is 19.2 Å². The summed E-state index contributed by atoms with van der Waals surface area (Å²) in [5.74, 6) is -0.923. The first kappa shape index (κ1) is 22.1. The molecule has 37 heavy (non-hydrogen) atoms. The van der Waals surface area contributed by atoms with Gasteiger partial charge in [-0.1, -0.05) is 0 Å². The number of rotatable bonds is 6. The van der Waals surface area contributed by atoms with E-state index in [1.807, 2.05) is 12.4 Å². The van der Waals surface area contributed by atoms with Gasteiger partial charge >= 0.3 is 0 Å². The topological polar surface area (TPSA) is 126 Å². The lowest BCUT2D eigenvalue weighted by molar-refractivity contribution is -0.136. The van der Waals surface area contributed by atoms with Gasteiger partial charge in [0, 0.05) is 42.4 Å². The number of aromatic nitrogens is 3. The molecule has 1 unspecified atom stereocenters. The lowest BCUT2D eigenvalue weighted by Crippen LogP contribution is -2.54. The van der Waals surface area contributed by atoms with Crippen molar-refractivity contribution in [3.63, 3.8) is 0 Å². The van der Waals surface area contributed by atoms with Crippen LogP contribution in [0.15, 0.2) is 36.7 Å². The molecule has 4 aliphatic rings. The molecule has 2 N–H and O–H groups in total. The van der Waals surface area contributed by atoms with Crippen molar-refractivity contribution in [1.82, 2.24) is 25.0 Å². The first-order chi connectivity index (χ1) is 18.0. The maximum absolute atomic E-state index is 13.1. The van der Waals surface area contributed by atoms with Gasteiger partial charge < -0.3 is 5.32 Å². The molecule has 0 bridgehead atoms. The number of piperidine rings is 1. The molecule has 1 saturated heterocycles. The van der Waals surface area contributed by atoms with Crippen LogP contribution in [-0.2, 0) is 9.59 Å². The van der Waals surface area contributed by atoms with Crippen molar-refractivity contribution in [3.05, 3.63) is 53.5 Å². The van der Waals surface area contributed by atoms with Crippen LogP contribution in [0.4, 0.5) is 5.69 Å². The standard InChI is InChI=1S/C27H26N6O4/c34-23-6-5-22(25(35)30-23)32-26(36)18-4-3-16(11-19(18)27(32)37)29-12-14-9-17(10-14)33-21-7-8-28-13-20(21)24(31-33)15-1-2-15/h3-4,7-8,11,13-15,17,22,29H,1-2,5-6,9-10,12H2,(H,30,34,35). The average molecular weight is 499 g/mol. The van der Waals surface area contributed by atoms with E-state index in [2.05, 4.69) is 26.4 Å². The van der Waals surface area contributed by atoms with E-state index < -0.39 is 23.8 Å². The van der Waals surface area contributed by atoms with E-state index in [9.17, 15) is 19.2 Å². The summed E-state index contributed by atoms with van der Waals surface area (Å²) in [6.07, 6.45) is 8.46. The van der Waals surface area contributed by atoms with E-state index in [0.29, 0.717) is 17.9 Å². The molecular formula is C27H26N6O4. The van der Waals surface area contributed by atoms with E-state index in [1.54, 1.807) is 18.2 Å². The van der Waals surface area contributed by atoms with E-state index in [-0.39, 0.29) is 29.9 Å². The second-order valence-electron chi connectivity index (χ2n) is 10.6. The van der Waals surface area contributed by atoms with Gasteiger partial charge in [0.05, 0.1) is 28.4 Å². The predicted octanol–water partition coefficient (Wildman–Crippen LogP) is 2.77. The van der Waals surface area contributed by atoms with Gasteiger partial charge in [0.15, 0.2) is 0 Å². The Morgan fingerprint density at radius 1 is 1.00 bits per heavy atom. The summed E-state index contributed by atoms with van der Waals surface area (Å²) in [7, 11) is 0. The summed E-state index contributed by atoms with van der Waals surface area (Å²) in [4.78, 5) is 55.0. The van der Waals surface area contributed by atoms with Crippen molar-refractivity contribution >= 4 is 40.2 Å². The summed E-state index contributed by atoms with van der Waals surface area (Å²) >= 11 is 0. The monoisotopic (exact) mass is 498 g/mol. The Balaban J connectivity index is 1.01. The highest BCUT2D eigenvalue weighted by atomic mass is 16.2. The van der Waals surface area contributed by atoms with Crippen LogP contribution in [0.2, 0.25) is 0 Å². The number of pyridine rings is 1. The number of hydrogen-bond acceptors (Lipinski definition) is 7. The molecule has 2 aromatic heterocycles. The van der Waals surface area contributed by atoms with Crippen molar-refractivity contribution in [2.75, 3.05) is 11.9 Å². The number of amides is 4. The first-order valence-electron chi connectivity index (χ1n) is 12.9. The van der Waals surface area contributed by atoms with Crippen LogP contribution in [0.5, 0.6) is 0 Å². The fraction of sp³-hybridized carbons (Fsp3) is 0.407. The number of nitrogens with zero attached hydrogens (tertiary/aromatic N) is 4. The third-order valence-electron chi connectivity index (χ3n) is 8.09. The van der Waals surface area contributed by atoms with Crippen LogP contribution < -0.4 is 10.6 Å². The summed E-state index contributed by atoms with van der Waals surface area (Å²) in [5.41, 5.74) is 3.69. The third kappa shape index (κ3) is 3.61. The van der Waals surface area contributed by atoms with Crippen LogP contribution in [0.1, 0.15) is 76.9 Å². The van der Waals surface area contributed by atoms with E-state index >= 15 is 0 Å². The number of anilines is 1. The SMILES string of the molecule is O=C1CCC(N2C(=O)c3ccc(NCC4CC(n5nc(C6CC6)c6cnccc65)C4)cc3C2=O)C(=O)N1. The normalized spacial score (nSPS) is 25.3.